The Labute approximate surface area is 321 Å². The predicted molar refractivity (Wildman–Crippen MR) is 205 cm³/mol. The lowest BCUT2D eigenvalue weighted by Gasteiger charge is -2.29. The normalized spacial score (nSPS) is 17.9. The van der Waals surface area contributed by atoms with Crippen LogP contribution in [0.15, 0.2) is 23.2 Å². The highest BCUT2D eigenvalue weighted by atomic mass is 32.1. The zero-order valence-electron chi connectivity index (χ0n) is 31.1. The Balaban J connectivity index is 1.12. The quantitative estimate of drug-likeness (QED) is 0.175. The van der Waals surface area contributed by atoms with E-state index in [4.69, 9.17) is 9.47 Å². The molecular weight excluding hydrogens is 729 g/mol. The molecule has 2 fully saturated rings. The van der Waals surface area contributed by atoms with E-state index >= 15 is 0 Å². The highest BCUT2D eigenvalue weighted by Gasteiger charge is 2.38. The van der Waals surface area contributed by atoms with Gasteiger partial charge in [0.1, 0.15) is 35.1 Å². The fourth-order valence-corrected chi connectivity index (χ4v) is 8.96. The summed E-state index contributed by atoms with van der Waals surface area (Å²) in [4.78, 5) is 70.1. The van der Waals surface area contributed by atoms with Crippen LogP contribution in [-0.4, -0.2) is 93.1 Å². The van der Waals surface area contributed by atoms with Crippen LogP contribution in [0.1, 0.15) is 99.6 Å². The molecule has 0 aliphatic carbocycles. The third-order valence-corrected chi connectivity index (χ3v) is 11.8. The van der Waals surface area contributed by atoms with Gasteiger partial charge in [0, 0.05) is 23.8 Å². The van der Waals surface area contributed by atoms with Gasteiger partial charge in [-0.2, -0.15) is 0 Å². The second-order valence-corrected chi connectivity index (χ2v) is 15.7. The van der Waals surface area contributed by atoms with Crippen molar-refractivity contribution in [1.82, 2.24) is 40.4 Å². The first kappa shape index (κ1) is 38.4. The third kappa shape index (κ3) is 8.25. The molecule has 2 aliphatic heterocycles. The second kappa shape index (κ2) is 16.8. The van der Waals surface area contributed by atoms with Crippen LogP contribution in [0, 0.1) is 35.5 Å². The molecule has 14 nitrogen and oxygen atoms in total. The lowest BCUT2D eigenvalue weighted by molar-refractivity contribution is -0.136. The van der Waals surface area contributed by atoms with Gasteiger partial charge in [0.2, 0.25) is 11.8 Å². The number of nitrogens with one attached hydrogen (secondary N) is 4. The van der Waals surface area contributed by atoms with Crippen LogP contribution in [0.25, 0.3) is 9.40 Å². The summed E-state index contributed by atoms with van der Waals surface area (Å²) in [5.74, 6) is 13.7. The van der Waals surface area contributed by atoms with Gasteiger partial charge in [-0.25, -0.2) is 19.6 Å². The zero-order valence-corrected chi connectivity index (χ0v) is 32.7. The number of likely N-dealkylation sites (tertiary alicyclic amines) is 2. The van der Waals surface area contributed by atoms with Gasteiger partial charge in [-0.1, -0.05) is 39.5 Å². The van der Waals surface area contributed by atoms with Crippen LogP contribution in [0.5, 0.6) is 0 Å². The van der Waals surface area contributed by atoms with Crippen molar-refractivity contribution in [1.29, 1.82) is 0 Å². The Hall–Kier alpha value is -5.32. The van der Waals surface area contributed by atoms with E-state index in [0.717, 1.165) is 46.2 Å². The van der Waals surface area contributed by atoms with Crippen molar-refractivity contribution in [3.63, 3.8) is 0 Å². The molecule has 6 rings (SSSR count). The van der Waals surface area contributed by atoms with E-state index in [-0.39, 0.29) is 35.7 Å². The molecular formula is C38H44N8O6S2. The molecule has 4 atom stereocenters. The average Bonchev–Trinajstić information content (AvgIpc) is 4.00. The standard InChI is InChI=1S/C38H44N8O6S2/c1-21(2)29(43-37(49)51-5)35(47)45-15-7-9-27(45)33-39-17-25(41-33)13-11-23-19-53-32-24(20-54-31(23)32)12-14-26-18-40-34(42-26)28-10-8-16-46(28)36(48)30(22(3)4)44-38(50)52-6/h17-22,27-30H,7-10,15-16H2,1-6H3,(H,39,41)(H,40,42)(H,43,49)(H,44,50). The number of aromatic amines is 2. The van der Waals surface area contributed by atoms with Crippen molar-refractivity contribution in [3.05, 3.63) is 57.3 Å². The van der Waals surface area contributed by atoms with Crippen molar-refractivity contribution in [2.24, 2.45) is 11.8 Å². The van der Waals surface area contributed by atoms with Crippen LogP contribution < -0.4 is 10.6 Å². The lowest BCUT2D eigenvalue weighted by Crippen LogP contribution is -2.51. The van der Waals surface area contributed by atoms with Gasteiger partial charge in [0.25, 0.3) is 0 Å². The number of nitrogens with zero attached hydrogens (tertiary/aromatic N) is 4. The minimum atomic E-state index is -0.701. The maximum atomic E-state index is 13.5. The van der Waals surface area contributed by atoms with Crippen LogP contribution in [-0.2, 0) is 19.1 Å². The summed E-state index contributed by atoms with van der Waals surface area (Å²) in [5.41, 5.74) is 3.08. The Morgan fingerprint density at radius 3 is 1.50 bits per heavy atom. The first-order valence-electron chi connectivity index (χ1n) is 17.9. The summed E-state index contributed by atoms with van der Waals surface area (Å²) in [7, 11) is 2.56. The van der Waals surface area contributed by atoms with Crippen molar-refractivity contribution in [2.45, 2.75) is 77.5 Å². The van der Waals surface area contributed by atoms with Gasteiger partial charge >= 0.3 is 12.2 Å². The number of fused-ring (bicyclic) bond motifs is 1. The number of methoxy groups -OCH3 is 2. The molecule has 54 heavy (non-hydrogen) atoms. The lowest BCUT2D eigenvalue weighted by atomic mass is 10.0. The zero-order chi connectivity index (χ0) is 38.5. The molecule has 4 amide bonds. The Kier molecular flexibility index (Phi) is 11.9. The number of thiophene rings is 2. The summed E-state index contributed by atoms with van der Waals surface area (Å²) >= 11 is 3.17. The van der Waals surface area contributed by atoms with Crippen LogP contribution in [0.4, 0.5) is 9.59 Å². The fraction of sp³-hybridized carbons (Fsp3) is 0.474. The highest BCUT2D eigenvalue weighted by molar-refractivity contribution is 7.26. The Bertz CT molecular complexity index is 1990. The van der Waals surface area contributed by atoms with Gasteiger partial charge in [-0.05, 0) is 49.4 Å². The number of ether oxygens (including phenoxy) is 2. The summed E-state index contributed by atoms with van der Waals surface area (Å²) in [6.07, 6.45) is 5.27. The van der Waals surface area contributed by atoms with E-state index in [9.17, 15) is 19.2 Å². The maximum absolute atomic E-state index is 13.5. The smallest absolute Gasteiger partial charge is 0.407 e. The number of hydrogen-bond donors (Lipinski definition) is 4. The fourth-order valence-electron chi connectivity index (χ4n) is 6.79. The molecule has 2 saturated heterocycles. The molecule has 0 radical (unpaired) electrons. The summed E-state index contributed by atoms with van der Waals surface area (Å²) < 4.78 is 11.6. The van der Waals surface area contributed by atoms with E-state index in [1.54, 1.807) is 44.9 Å². The number of rotatable bonds is 8. The van der Waals surface area contributed by atoms with Crippen molar-refractivity contribution in [3.8, 4) is 23.7 Å². The number of H-pyrrole nitrogens is 2. The number of alkyl carbamates (subject to hydrolysis) is 2. The summed E-state index contributed by atoms with van der Waals surface area (Å²) in [5, 5.41) is 9.39. The number of imidazole rings is 2. The molecule has 0 saturated carbocycles. The molecule has 4 N–H and O–H groups in total. The van der Waals surface area contributed by atoms with Gasteiger partial charge in [0.15, 0.2) is 0 Å². The van der Waals surface area contributed by atoms with E-state index in [1.165, 1.54) is 14.2 Å². The molecule has 2 aliphatic rings. The molecule has 4 aromatic rings. The third-order valence-electron chi connectivity index (χ3n) is 9.63. The largest absolute Gasteiger partial charge is 0.453 e. The SMILES string of the molecule is COC(=O)NC(C(=O)N1CCCC1c1ncc(C#Cc2csc3c(C#Cc4cnc(C5CCCN5C(=O)C(NC(=O)OC)C(C)C)[nH]4)csc23)[nH]1)C(C)C. The number of amides is 4. The molecule has 0 aromatic carbocycles. The molecule has 4 unspecified atom stereocenters. The van der Waals surface area contributed by atoms with Gasteiger partial charge in [0.05, 0.1) is 59.2 Å². The molecule has 0 spiro atoms. The Morgan fingerprint density at radius 1 is 0.722 bits per heavy atom. The van der Waals surface area contributed by atoms with Gasteiger partial charge in [-0.15, -0.1) is 22.7 Å². The van der Waals surface area contributed by atoms with Crippen molar-refractivity contribution in [2.75, 3.05) is 27.3 Å². The predicted octanol–water partition coefficient (Wildman–Crippen LogP) is 5.30. The minimum absolute atomic E-state index is 0.116. The number of hydrogen-bond acceptors (Lipinski definition) is 10. The van der Waals surface area contributed by atoms with Gasteiger partial charge in [-0.3, -0.25) is 9.59 Å². The monoisotopic (exact) mass is 772 g/mol. The summed E-state index contributed by atoms with van der Waals surface area (Å²) in [6, 6.07) is -1.88. The van der Waals surface area contributed by atoms with Crippen molar-refractivity contribution < 1.29 is 28.7 Å². The topological polar surface area (TPSA) is 175 Å². The molecule has 0 bridgehead atoms. The van der Waals surface area contributed by atoms with Crippen LogP contribution in [0.3, 0.4) is 0 Å². The molecule has 284 valence electrons. The molecule has 6 heterocycles. The second-order valence-electron chi connectivity index (χ2n) is 13.9. The van der Waals surface area contributed by atoms with E-state index in [2.05, 4.69) is 54.3 Å². The van der Waals surface area contributed by atoms with E-state index < -0.39 is 24.3 Å². The number of carbonyl (C=O) groups excluding carboxylic acids is 4. The first-order chi connectivity index (χ1) is 26.0. The number of carbonyl (C=O) groups is 4. The summed E-state index contributed by atoms with van der Waals surface area (Å²) in [6.45, 7) is 8.70. The first-order valence-corrected chi connectivity index (χ1v) is 19.7. The highest BCUT2D eigenvalue weighted by Crippen LogP contribution is 2.35. The van der Waals surface area contributed by atoms with E-state index in [1.807, 2.05) is 38.5 Å². The number of aromatic nitrogens is 4. The minimum Gasteiger partial charge on any atom is -0.453 e. The van der Waals surface area contributed by atoms with E-state index in [0.29, 0.717) is 36.1 Å². The molecule has 16 heteroatoms. The van der Waals surface area contributed by atoms with Crippen LogP contribution in [0.2, 0.25) is 0 Å². The van der Waals surface area contributed by atoms with Crippen molar-refractivity contribution >= 4 is 56.1 Å². The average molecular weight is 773 g/mol. The Morgan fingerprint density at radius 2 is 1.13 bits per heavy atom. The van der Waals surface area contributed by atoms with Crippen LogP contribution >= 0.6 is 22.7 Å². The molecule has 4 aromatic heterocycles. The maximum Gasteiger partial charge on any atom is 0.407 e. The van der Waals surface area contributed by atoms with Gasteiger partial charge < -0.3 is 39.9 Å².